The summed E-state index contributed by atoms with van der Waals surface area (Å²) < 4.78 is 43.5. The van der Waals surface area contributed by atoms with Crippen LogP contribution in [0.4, 0.5) is 19.1 Å². The lowest BCUT2D eigenvalue weighted by Crippen LogP contribution is -2.45. The number of rotatable bonds is 4. The smallest absolute Gasteiger partial charge is 0.368 e. The molecule has 3 aromatic heterocycles. The van der Waals surface area contributed by atoms with Crippen molar-refractivity contribution in [3.05, 3.63) is 36.2 Å². The molecule has 0 bridgehead atoms. The average molecular weight is 445 g/mol. The molecule has 0 aliphatic carbocycles. The maximum absolute atomic E-state index is 13.5. The molecule has 0 spiro atoms. The molecule has 32 heavy (non-hydrogen) atoms. The summed E-state index contributed by atoms with van der Waals surface area (Å²) in [5, 5.41) is 4.20. The second-order valence-corrected chi connectivity index (χ2v) is 7.94. The Labute approximate surface area is 181 Å². The van der Waals surface area contributed by atoms with Gasteiger partial charge in [0.05, 0.1) is 11.9 Å². The number of anilines is 1. The standard InChI is InChI=1S/C20H22F3N9/c1-29-6-8-30(9-7-29)10-11-31-12-25-15-17(31)27-19(24)32-18(15)26-16(28-32)13-4-2-3-5-14(13)20(21,22)23/h2-5,12H,6-11H2,1H3,(H2,24,27). The quantitative estimate of drug-likeness (QED) is 0.514. The molecule has 1 saturated heterocycles. The molecule has 4 aromatic rings. The molecule has 0 radical (unpaired) electrons. The predicted octanol–water partition coefficient (Wildman–Crippen LogP) is 1.99. The first-order valence-corrected chi connectivity index (χ1v) is 10.3. The maximum atomic E-state index is 13.5. The van der Waals surface area contributed by atoms with Gasteiger partial charge in [0.1, 0.15) is 0 Å². The molecule has 168 valence electrons. The van der Waals surface area contributed by atoms with E-state index in [2.05, 4.69) is 36.9 Å². The van der Waals surface area contributed by atoms with Crippen LogP contribution < -0.4 is 5.73 Å². The highest BCUT2D eigenvalue weighted by Crippen LogP contribution is 2.36. The number of halogens is 3. The number of alkyl halides is 3. The van der Waals surface area contributed by atoms with Crippen LogP contribution >= 0.6 is 0 Å². The van der Waals surface area contributed by atoms with E-state index < -0.39 is 11.7 Å². The van der Waals surface area contributed by atoms with E-state index in [9.17, 15) is 13.2 Å². The van der Waals surface area contributed by atoms with Crippen molar-refractivity contribution < 1.29 is 13.2 Å². The molecule has 4 heterocycles. The van der Waals surface area contributed by atoms with Crippen LogP contribution in [0.25, 0.3) is 28.2 Å². The van der Waals surface area contributed by atoms with Gasteiger partial charge >= 0.3 is 6.18 Å². The summed E-state index contributed by atoms with van der Waals surface area (Å²) >= 11 is 0. The van der Waals surface area contributed by atoms with Gasteiger partial charge in [0.2, 0.25) is 5.95 Å². The summed E-state index contributed by atoms with van der Waals surface area (Å²) in [4.78, 5) is 17.8. The Bertz CT molecular complexity index is 1270. The van der Waals surface area contributed by atoms with Crippen LogP contribution in [0.3, 0.4) is 0 Å². The lowest BCUT2D eigenvalue weighted by molar-refractivity contribution is -0.137. The number of nitrogens with two attached hydrogens (primary N) is 1. The summed E-state index contributed by atoms with van der Waals surface area (Å²) in [6, 6.07) is 5.19. The van der Waals surface area contributed by atoms with Crippen LogP contribution in [0.2, 0.25) is 0 Å². The predicted molar refractivity (Wildman–Crippen MR) is 113 cm³/mol. The molecule has 0 atom stereocenters. The first kappa shape index (κ1) is 20.6. The zero-order chi connectivity index (χ0) is 22.5. The largest absolute Gasteiger partial charge is 0.417 e. The molecule has 1 aliphatic rings. The van der Waals surface area contributed by atoms with E-state index in [4.69, 9.17) is 5.73 Å². The second-order valence-electron chi connectivity index (χ2n) is 7.94. The van der Waals surface area contributed by atoms with Crippen molar-refractivity contribution in [1.82, 2.24) is 38.9 Å². The van der Waals surface area contributed by atoms with Gasteiger partial charge in [-0.2, -0.15) is 22.7 Å². The Hall–Kier alpha value is -3.25. The van der Waals surface area contributed by atoms with E-state index in [0.29, 0.717) is 17.7 Å². The van der Waals surface area contributed by atoms with Gasteiger partial charge < -0.3 is 15.2 Å². The van der Waals surface area contributed by atoms with Crippen LogP contribution in [0, 0.1) is 0 Å². The number of benzene rings is 1. The molecule has 0 saturated carbocycles. The van der Waals surface area contributed by atoms with Crippen LogP contribution in [0.1, 0.15) is 5.56 Å². The number of aromatic nitrogens is 6. The zero-order valence-electron chi connectivity index (χ0n) is 17.4. The van der Waals surface area contributed by atoms with Crippen molar-refractivity contribution in [3.8, 4) is 11.4 Å². The van der Waals surface area contributed by atoms with Crippen molar-refractivity contribution in [2.45, 2.75) is 12.7 Å². The van der Waals surface area contributed by atoms with Crippen LogP contribution in [0.5, 0.6) is 0 Å². The summed E-state index contributed by atoms with van der Waals surface area (Å²) in [6.45, 7) is 5.55. The number of hydrogen-bond acceptors (Lipinski definition) is 7. The van der Waals surface area contributed by atoms with E-state index in [1.807, 2.05) is 4.57 Å². The maximum Gasteiger partial charge on any atom is 0.417 e. The van der Waals surface area contributed by atoms with Crippen LogP contribution in [-0.2, 0) is 12.7 Å². The number of fused-ring (bicyclic) bond motifs is 3. The molecule has 5 rings (SSSR count). The summed E-state index contributed by atoms with van der Waals surface area (Å²) in [7, 11) is 2.11. The molecular weight excluding hydrogens is 423 g/mol. The van der Waals surface area contributed by atoms with Crippen molar-refractivity contribution in [2.75, 3.05) is 45.5 Å². The fraction of sp³-hybridized carbons (Fsp3) is 0.400. The number of likely N-dealkylation sites (N-methyl/N-ethyl adjacent to an activating group) is 1. The number of hydrogen-bond donors (Lipinski definition) is 1. The molecule has 1 aromatic carbocycles. The number of piperazine rings is 1. The molecule has 9 nitrogen and oxygen atoms in total. The zero-order valence-corrected chi connectivity index (χ0v) is 17.4. The Morgan fingerprint density at radius 1 is 1.00 bits per heavy atom. The van der Waals surface area contributed by atoms with E-state index >= 15 is 0 Å². The molecule has 0 unspecified atom stereocenters. The number of nitrogens with zero attached hydrogens (tertiary/aromatic N) is 8. The minimum absolute atomic E-state index is 0.0390. The monoisotopic (exact) mass is 445 g/mol. The Balaban J connectivity index is 1.51. The highest BCUT2D eigenvalue weighted by Gasteiger charge is 2.34. The molecular formula is C20H22F3N9. The van der Waals surface area contributed by atoms with Crippen molar-refractivity contribution in [3.63, 3.8) is 0 Å². The third-order valence-electron chi connectivity index (χ3n) is 5.79. The van der Waals surface area contributed by atoms with Gasteiger partial charge in [-0.3, -0.25) is 4.90 Å². The number of nitrogen functional groups attached to an aromatic ring is 1. The third kappa shape index (κ3) is 3.65. The SMILES string of the molecule is CN1CCN(CCn2cnc3c2nc(N)n2nc(-c4ccccc4C(F)(F)F)nc32)CC1. The normalized spacial score (nSPS) is 16.4. The van der Waals surface area contributed by atoms with Gasteiger partial charge in [-0.15, -0.1) is 5.10 Å². The first-order chi connectivity index (χ1) is 15.3. The van der Waals surface area contributed by atoms with E-state index in [0.717, 1.165) is 38.8 Å². The highest BCUT2D eigenvalue weighted by molar-refractivity contribution is 5.87. The Morgan fingerprint density at radius 3 is 2.50 bits per heavy atom. The van der Waals surface area contributed by atoms with E-state index in [-0.39, 0.29) is 23.0 Å². The lowest BCUT2D eigenvalue weighted by atomic mass is 10.1. The number of imidazole rings is 1. The highest BCUT2D eigenvalue weighted by atomic mass is 19.4. The molecule has 1 aliphatic heterocycles. The average Bonchev–Trinajstić information content (AvgIpc) is 3.38. The third-order valence-corrected chi connectivity index (χ3v) is 5.79. The minimum Gasteiger partial charge on any atom is -0.368 e. The molecule has 2 N–H and O–H groups in total. The van der Waals surface area contributed by atoms with Crippen molar-refractivity contribution >= 4 is 22.8 Å². The van der Waals surface area contributed by atoms with E-state index in [1.165, 1.54) is 22.7 Å². The molecule has 0 amide bonds. The molecule has 12 heteroatoms. The van der Waals surface area contributed by atoms with Gasteiger partial charge in [0.25, 0.3) is 0 Å². The van der Waals surface area contributed by atoms with Gasteiger partial charge in [0, 0.05) is 44.8 Å². The summed E-state index contributed by atoms with van der Waals surface area (Å²) in [5.74, 6) is -0.0389. The van der Waals surface area contributed by atoms with Gasteiger partial charge in [-0.05, 0) is 13.1 Å². The van der Waals surface area contributed by atoms with Crippen molar-refractivity contribution in [1.29, 1.82) is 0 Å². The van der Waals surface area contributed by atoms with Gasteiger partial charge in [0.15, 0.2) is 22.6 Å². The first-order valence-electron chi connectivity index (χ1n) is 10.3. The van der Waals surface area contributed by atoms with Crippen molar-refractivity contribution in [2.24, 2.45) is 0 Å². The fourth-order valence-electron chi connectivity index (χ4n) is 3.96. The second kappa shape index (κ2) is 7.71. The van der Waals surface area contributed by atoms with Gasteiger partial charge in [-0.1, -0.05) is 18.2 Å². The molecule has 1 fully saturated rings. The van der Waals surface area contributed by atoms with E-state index in [1.54, 1.807) is 6.33 Å². The van der Waals surface area contributed by atoms with Crippen LogP contribution in [0.15, 0.2) is 30.6 Å². The van der Waals surface area contributed by atoms with Gasteiger partial charge in [-0.25, -0.2) is 9.97 Å². The fourth-order valence-corrected chi connectivity index (χ4v) is 3.96. The summed E-state index contributed by atoms with van der Waals surface area (Å²) in [5.41, 5.74) is 6.42. The Morgan fingerprint density at radius 2 is 1.75 bits per heavy atom. The summed E-state index contributed by atoms with van der Waals surface area (Å²) in [6.07, 6.45) is -2.87. The Kier molecular flexibility index (Phi) is 4.97. The topological polar surface area (TPSA) is 93.4 Å². The lowest BCUT2D eigenvalue weighted by Gasteiger charge is -2.32. The van der Waals surface area contributed by atoms with Crippen LogP contribution in [-0.4, -0.2) is 78.7 Å². The minimum atomic E-state index is -4.53.